The first kappa shape index (κ1) is 26.1. The summed E-state index contributed by atoms with van der Waals surface area (Å²) >= 11 is 0. The van der Waals surface area contributed by atoms with Crippen molar-refractivity contribution in [3.05, 3.63) is 71.3 Å². The van der Waals surface area contributed by atoms with Gasteiger partial charge in [-0.1, -0.05) is 30.3 Å². The number of rotatable bonds is 8. The molecule has 1 aliphatic carbocycles. The largest absolute Gasteiger partial charge is 0.573 e. The molecule has 0 atom stereocenters. The average molecular weight is 550 g/mol. The summed E-state index contributed by atoms with van der Waals surface area (Å²) < 4.78 is 80.6. The molecular formula is C27H26F3NO6S. The summed E-state index contributed by atoms with van der Waals surface area (Å²) in [5.74, 6) is 0.440. The lowest BCUT2D eigenvalue weighted by Gasteiger charge is -2.17. The first-order valence-corrected chi connectivity index (χ1v) is 13.3. The van der Waals surface area contributed by atoms with Gasteiger partial charge in [-0.3, -0.25) is 4.79 Å². The number of ketones is 1. The molecule has 0 unspecified atom stereocenters. The van der Waals surface area contributed by atoms with Crippen LogP contribution < -0.4 is 18.9 Å². The number of Topliss-reactive ketones (excluding diaryl/α,β-unsaturated/α-hetero) is 1. The lowest BCUT2D eigenvalue weighted by atomic mass is 9.87. The normalized spacial score (nSPS) is 15.8. The summed E-state index contributed by atoms with van der Waals surface area (Å²) in [7, 11) is -3.11. The Morgan fingerprint density at radius 1 is 1.05 bits per heavy atom. The van der Waals surface area contributed by atoms with E-state index in [0.29, 0.717) is 41.0 Å². The first-order valence-electron chi connectivity index (χ1n) is 11.8. The summed E-state index contributed by atoms with van der Waals surface area (Å²) in [5.41, 5.74) is 2.57. The van der Waals surface area contributed by atoms with E-state index in [1.807, 2.05) is 16.9 Å². The van der Waals surface area contributed by atoms with Crippen LogP contribution in [0.2, 0.25) is 0 Å². The van der Waals surface area contributed by atoms with Crippen LogP contribution in [0.15, 0.2) is 59.5 Å². The Labute approximate surface area is 219 Å². The lowest BCUT2D eigenvalue weighted by Crippen LogP contribution is -2.23. The molecule has 0 radical (unpaired) electrons. The summed E-state index contributed by atoms with van der Waals surface area (Å²) in [6.45, 7) is 1.92. The number of alkyl halides is 3. The van der Waals surface area contributed by atoms with Gasteiger partial charge < -0.3 is 14.2 Å². The SMILES string of the molecule is CNS(=O)(=O)c1ccc(-c2cc(CC(=O)C3(c4ccc5c(c4)OCO5)CC3)ccc2C)cc1OC(F)(F)F.[HH]. The van der Waals surface area contributed by atoms with Crippen LogP contribution in [0.25, 0.3) is 11.1 Å². The molecular weight excluding hydrogens is 523 g/mol. The highest BCUT2D eigenvalue weighted by Crippen LogP contribution is 2.51. The maximum absolute atomic E-state index is 13.4. The van der Waals surface area contributed by atoms with Gasteiger partial charge in [-0.15, -0.1) is 13.2 Å². The molecule has 7 nitrogen and oxygen atoms in total. The third kappa shape index (κ3) is 4.95. The first-order chi connectivity index (χ1) is 17.9. The zero-order valence-corrected chi connectivity index (χ0v) is 21.3. The molecule has 1 aliphatic heterocycles. The van der Waals surface area contributed by atoms with Gasteiger partial charge in [0.2, 0.25) is 16.8 Å². The fourth-order valence-electron chi connectivity index (χ4n) is 4.70. The number of halogens is 3. The molecule has 5 rings (SSSR count). The zero-order chi connectivity index (χ0) is 27.3. The van der Waals surface area contributed by atoms with Gasteiger partial charge in [0, 0.05) is 7.85 Å². The number of carbonyl (C=O) groups excluding carboxylic acids is 1. The van der Waals surface area contributed by atoms with Crippen LogP contribution in [-0.4, -0.2) is 34.4 Å². The van der Waals surface area contributed by atoms with Crippen molar-refractivity contribution >= 4 is 15.8 Å². The summed E-state index contributed by atoms with van der Waals surface area (Å²) in [6, 6.07) is 14.4. The summed E-state index contributed by atoms with van der Waals surface area (Å²) in [5, 5.41) is 0. The fourth-order valence-corrected chi connectivity index (χ4v) is 5.54. The van der Waals surface area contributed by atoms with Crippen molar-refractivity contribution in [2.75, 3.05) is 13.8 Å². The molecule has 1 fully saturated rings. The van der Waals surface area contributed by atoms with Crippen LogP contribution in [-0.2, 0) is 26.7 Å². The number of carbonyl (C=O) groups is 1. The van der Waals surface area contributed by atoms with E-state index in [1.165, 1.54) is 6.07 Å². The van der Waals surface area contributed by atoms with E-state index in [9.17, 15) is 26.4 Å². The van der Waals surface area contributed by atoms with Gasteiger partial charge in [0.05, 0.1) is 5.41 Å². The van der Waals surface area contributed by atoms with Crippen molar-refractivity contribution in [1.29, 1.82) is 0 Å². The molecule has 0 amide bonds. The monoisotopic (exact) mass is 549 g/mol. The average Bonchev–Trinajstić information content (AvgIpc) is 3.54. The predicted molar refractivity (Wildman–Crippen MR) is 134 cm³/mol. The number of ether oxygens (including phenoxy) is 3. The zero-order valence-electron chi connectivity index (χ0n) is 20.5. The van der Waals surface area contributed by atoms with E-state index in [0.717, 1.165) is 30.3 Å². The van der Waals surface area contributed by atoms with E-state index in [1.54, 1.807) is 31.2 Å². The molecule has 0 saturated heterocycles. The van der Waals surface area contributed by atoms with Crippen LogP contribution in [0.1, 0.15) is 31.0 Å². The Morgan fingerprint density at radius 2 is 1.79 bits per heavy atom. The smallest absolute Gasteiger partial charge is 0.454 e. The van der Waals surface area contributed by atoms with Gasteiger partial charge in [0.1, 0.15) is 16.4 Å². The molecule has 3 aromatic carbocycles. The van der Waals surface area contributed by atoms with Crippen molar-refractivity contribution in [2.24, 2.45) is 0 Å². The van der Waals surface area contributed by atoms with Gasteiger partial charge in [-0.05, 0) is 78.9 Å². The Morgan fingerprint density at radius 3 is 2.47 bits per heavy atom. The van der Waals surface area contributed by atoms with Crippen LogP contribution in [0.5, 0.6) is 17.2 Å². The minimum absolute atomic E-state index is 0. The molecule has 202 valence electrons. The predicted octanol–water partition coefficient (Wildman–Crippen LogP) is 5.29. The Hall–Kier alpha value is -3.57. The van der Waals surface area contributed by atoms with Crippen LogP contribution in [0.4, 0.5) is 13.2 Å². The second kappa shape index (κ2) is 9.32. The maximum atomic E-state index is 13.4. The molecule has 0 bridgehead atoms. The van der Waals surface area contributed by atoms with Crippen molar-refractivity contribution in [3.63, 3.8) is 0 Å². The van der Waals surface area contributed by atoms with E-state index in [-0.39, 0.29) is 20.4 Å². The quantitative estimate of drug-likeness (QED) is 0.411. The molecule has 2 aliphatic rings. The maximum Gasteiger partial charge on any atom is 0.573 e. The van der Waals surface area contributed by atoms with Crippen molar-refractivity contribution in [2.45, 2.75) is 42.9 Å². The minimum atomic E-state index is -5.09. The fraction of sp³-hybridized carbons (Fsp3) is 0.296. The van der Waals surface area contributed by atoms with Crippen molar-refractivity contribution in [3.8, 4) is 28.4 Å². The number of benzene rings is 3. The second-order valence-corrected chi connectivity index (χ2v) is 11.2. The number of nitrogens with one attached hydrogen (secondary N) is 1. The molecule has 1 N–H and O–H groups in total. The van der Waals surface area contributed by atoms with Crippen LogP contribution in [0.3, 0.4) is 0 Å². The Kier molecular flexibility index (Phi) is 6.39. The van der Waals surface area contributed by atoms with Gasteiger partial charge >= 0.3 is 6.36 Å². The van der Waals surface area contributed by atoms with E-state index < -0.39 is 32.4 Å². The van der Waals surface area contributed by atoms with Gasteiger partial charge in [0.15, 0.2) is 11.5 Å². The number of fused-ring (bicyclic) bond motifs is 1. The highest BCUT2D eigenvalue weighted by molar-refractivity contribution is 7.89. The van der Waals surface area contributed by atoms with Crippen LogP contribution >= 0.6 is 0 Å². The number of hydrogen-bond acceptors (Lipinski definition) is 6. The topological polar surface area (TPSA) is 90.9 Å². The third-order valence-electron chi connectivity index (χ3n) is 6.91. The van der Waals surface area contributed by atoms with E-state index in [2.05, 4.69) is 4.74 Å². The molecule has 0 spiro atoms. The molecule has 11 heteroatoms. The standard InChI is InChI=1S/C27H24F3NO6S.H2/c1-16-3-4-17(12-25(32)26(9-10-26)19-6-7-21-22(14-19)36-15-35-21)11-20(16)18-5-8-24(38(33,34)31-2)23(13-18)37-27(28,29)30;/h3-8,11,13-14,31H,9-10,12,15H2,1-2H3;1H. The highest BCUT2D eigenvalue weighted by atomic mass is 32.2. The number of aryl methyl sites for hydroxylation is 1. The molecule has 1 saturated carbocycles. The highest BCUT2D eigenvalue weighted by Gasteiger charge is 2.50. The van der Waals surface area contributed by atoms with E-state index >= 15 is 0 Å². The summed E-state index contributed by atoms with van der Waals surface area (Å²) in [6.07, 6.45) is -3.54. The van der Waals surface area contributed by atoms with Crippen molar-refractivity contribution in [1.82, 2.24) is 4.72 Å². The Balaban J connectivity index is 0.00000353. The number of hydrogen-bond donors (Lipinski definition) is 1. The third-order valence-corrected chi connectivity index (χ3v) is 8.37. The molecule has 1 heterocycles. The minimum Gasteiger partial charge on any atom is -0.454 e. The molecule has 3 aromatic rings. The lowest BCUT2D eigenvalue weighted by molar-refractivity contribution is -0.275. The summed E-state index contributed by atoms with van der Waals surface area (Å²) in [4.78, 5) is 12.8. The van der Waals surface area contributed by atoms with E-state index in [4.69, 9.17) is 9.47 Å². The second-order valence-electron chi connectivity index (χ2n) is 9.32. The Bertz CT molecular complexity index is 1540. The van der Waals surface area contributed by atoms with Gasteiger partial charge in [-0.25, -0.2) is 13.1 Å². The number of sulfonamides is 1. The van der Waals surface area contributed by atoms with Crippen molar-refractivity contribution < 1.29 is 42.0 Å². The molecule has 0 aromatic heterocycles. The van der Waals surface area contributed by atoms with Gasteiger partial charge in [-0.2, -0.15) is 0 Å². The van der Waals surface area contributed by atoms with Crippen LogP contribution in [0, 0.1) is 6.92 Å². The van der Waals surface area contributed by atoms with Gasteiger partial charge in [0.25, 0.3) is 0 Å². The molecule has 38 heavy (non-hydrogen) atoms.